The molecule has 0 atom stereocenters. The topological polar surface area (TPSA) is 54.4 Å². The van der Waals surface area contributed by atoms with Gasteiger partial charge in [-0.3, -0.25) is 4.79 Å². The zero-order valence-electron chi connectivity index (χ0n) is 9.91. The van der Waals surface area contributed by atoms with Gasteiger partial charge in [0.05, 0.1) is 0 Å². The Morgan fingerprint density at radius 1 is 1.33 bits per heavy atom. The Morgan fingerprint density at radius 3 is 1.93 bits per heavy atom. The monoisotopic (exact) mass is 212 g/mol. The lowest BCUT2D eigenvalue weighted by Gasteiger charge is -1.97. The fourth-order valence-corrected chi connectivity index (χ4v) is 0.500. The number of carbonyl (C=O) groups excluding carboxylic acids is 1. The number of hydrogen-bond acceptors (Lipinski definition) is 2. The number of rotatable bonds is 4. The van der Waals surface area contributed by atoms with Gasteiger partial charge in [0.1, 0.15) is 0 Å². The summed E-state index contributed by atoms with van der Waals surface area (Å²) < 4.78 is 0. The van der Waals surface area contributed by atoms with Crippen LogP contribution >= 0.6 is 0 Å². The molecule has 1 N–H and O–H groups in total. The predicted octanol–water partition coefficient (Wildman–Crippen LogP) is 2.82. The van der Waals surface area contributed by atoms with Crippen LogP contribution in [0.15, 0.2) is 24.3 Å². The summed E-state index contributed by atoms with van der Waals surface area (Å²) in [4.78, 5) is 19.9. The van der Waals surface area contributed by atoms with Crippen LogP contribution in [0.1, 0.15) is 34.1 Å². The quantitative estimate of drug-likeness (QED) is 0.729. The molecule has 0 rings (SSSR count). The molecule has 0 fully saturated rings. The second-order valence-corrected chi connectivity index (χ2v) is 3.64. The average molecular weight is 212 g/mol. The number of aliphatic carboxylic acids is 1. The molecular weight excluding hydrogens is 192 g/mol. The van der Waals surface area contributed by atoms with Gasteiger partial charge < -0.3 is 5.11 Å². The van der Waals surface area contributed by atoms with E-state index in [2.05, 4.69) is 20.4 Å². The summed E-state index contributed by atoms with van der Waals surface area (Å²) in [7, 11) is 0. The van der Waals surface area contributed by atoms with Gasteiger partial charge in [-0.05, 0) is 32.3 Å². The van der Waals surface area contributed by atoms with Crippen molar-refractivity contribution in [1.29, 1.82) is 0 Å². The minimum atomic E-state index is -0.819. The summed E-state index contributed by atoms with van der Waals surface area (Å²) in [6.07, 6.45) is 3.88. The summed E-state index contributed by atoms with van der Waals surface area (Å²) in [5, 5.41) is 8.43. The van der Waals surface area contributed by atoms with Gasteiger partial charge in [0.25, 0.3) is 0 Å². The van der Waals surface area contributed by atoms with Crippen molar-refractivity contribution in [2.24, 2.45) is 5.92 Å². The summed E-state index contributed by atoms with van der Waals surface area (Å²) in [5.41, 5.74) is 0.439. The first-order valence-electron chi connectivity index (χ1n) is 4.84. The van der Waals surface area contributed by atoms with E-state index in [1.807, 2.05) is 0 Å². The molecule has 86 valence electrons. The average Bonchev–Trinajstić information content (AvgIpc) is 2.14. The van der Waals surface area contributed by atoms with E-state index in [1.54, 1.807) is 13.0 Å². The van der Waals surface area contributed by atoms with E-state index < -0.39 is 5.97 Å². The van der Waals surface area contributed by atoms with Gasteiger partial charge >= 0.3 is 5.97 Å². The molecule has 0 aromatic rings. The highest BCUT2D eigenvalue weighted by molar-refractivity contribution is 5.86. The molecule has 0 aliphatic rings. The van der Waals surface area contributed by atoms with E-state index >= 15 is 0 Å². The zero-order valence-corrected chi connectivity index (χ0v) is 9.91. The van der Waals surface area contributed by atoms with Crippen LogP contribution in [0.25, 0.3) is 0 Å². The largest absolute Gasteiger partial charge is 0.478 e. The van der Waals surface area contributed by atoms with Crippen LogP contribution in [0.5, 0.6) is 0 Å². The minimum absolute atomic E-state index is 0.0185. The van der Waals surface area contributed by atoms with Gasteiger partial charge in [-0.15, -0.1) is 0 Å². The molecule has 0 aromatic heterocycles. The van der Waals surface area contributed by atoms with Crippen molar-refractivity contribution in [2.75, 3.05) is 0 Å². The summed E-state index contributed by atoms with van der Waals surface area (Å²) >= 11 is 0. The summed E-state index contributed by atoms with van der Waals surface area (Å²) in [6, 6.07) is 0. The fraction of sp³-hybridized carbons (Fsp3) is 0.500. The standard InChI is InChI=1S/C8H14O2.C4H6O/c1-6(2)4-5-7(3)8(9)10;1-3-4(2)5/h5-6H,4H2,1-3H3,(H,9,10);3H,1H2,2H3. The molecule has 0 spiro atoms. The molecule has 0 unspecified atom stereocenters. The normalized spacial score (nSPS) is 10.3. The van der Waals surface area contributed by atoms with Crippen molar-refractivity contribution in [2.45, 2.75) is 34.1 Å². The summed E-state index contributed by atoms with van der Waals surface area (Å²) in [6.45, 7) is 10.4. The van der Waals surface area contributed by atoms with Gasteiger partial charge in [-0.2, -0.15) is 0 Å². The smallest absolute Gasteiger partial charge is 0.330 e. The number of allylic oxidation sites excluding steroid dienone is 2. The molecule has 0 aromatic carbocycles. The molecule has 0 saturated carbocycles. The van der Waals surface area contributed by atoms with Crippen LogP contribution in [0.2, 0.25) is 0 Å². The van der Waals surface area contributed by atoms with Gasteiger partial charge in [-0.25, -0.2) is 4.79 Å². The van der Waals surface area contributed by atoms with Crippen LogP contribution in [0.3, 0.4) is 0 Å². The lowest BCUT2D eigenvalue weighted by molar-refractivity contribution is -0.132. The van der Waals surface area contributed by atoms with Crippen molar-refractivity contribution in [3.05, 3.63) is 24.3 Å². The molecule has 15 heavy (non-hydrogen) atoms. The van der Waals surface area contributed by atoms with Crippen LogP contribution in [-0.4, -0.2) is 16.9 Å². The maximum Gasteiger partial charge on any atom is 0.330 e. The third kappa shape index (κ3) is 15.4. The van der Waals surface area contributed by atoms with E-state index in [0.717, 1.165) is 6.42 Å². The van der Waals surface area contributed by atoms with Crippen LogP contribution in [0, 0.1) is 5.92 Å². The van der Waals surface area contributed by atoms with E-state index in [-0.39, 0.29) is 5.78 Å². The Bertz CT molecular complexity index is 250. The molecule has 0 bridgehead atoms. The molecule has 0 amide bonds. The SMILES string of the molecule is C=CC(C)=O.CC(=CCC(C)C)C(=O)O. The van der Waals surface area contributed by atoms with E-state index in [9.17, 15) is 9.59 Å². The lowest BCUT2D eigenvalue weighted by atomic mass is 10.1. The second kappa shape index (κ2) is 9.19. The fourth-order valence-electron chi connectivity index (χ4n) is 0.500. The van der Waals surface area contributed by atoms with Crippen molar-refractivity contribution in [3.63, 3.8) is 0 Å². The molecule has 0 radical (unpaired) electrons. The van der Waals surface area contributed by atoms with E-state index in [1.165, 1.54) is 13.0 Å². The highest BCUT2D eigenvalue weighted by Gasteiger charge is 1.98. The molecule has 3 heteroatoms. The maximum absolute atomic E-state index is 10.2. The first-order valence-corrected chi connectivity index (χ1v) is 4.84. The molecule has 0 aliphatic carbocycles. The highest BCUT2D eigenvalue weighted by atomic mass is 16.4. The Labute approximate surface area is 91.5 Å². The predicted molar refractivity (Wildman–Crippen MR) is 61.7 cm³/mol. The van der Waals surface area contributed by atoms with Gasteiger partial charge in [-0.1, -0.05) is 26.5 Å². The maximum atomic E-state index is 10.2. The molecule has 0 aliphatic heterocycles. The van der Waals surface area contributed by atoms with Crippen molar-refractivity contribution >= 4 is 11.8 Å². The first kappa shape index (κ1) is 16.1. The van der Waals surface area contributed by atoms with Crippen molar-refractivity contribution < 1.29 is 14.7 Å². The third-order valence-electron chi connectivity index (χ3n) is 1.52. The number of carbonyl (C=O) groups is 2. The first-order chi connectivity index (χ1) is 6.81. The molecule has 3 nitrogen and oxygen atoms in total. The van der Waals surface area contributed by atoms with Gasteiger partial charge in [0.2, 0.25) is 0 Å². The highest BCUT2D eigenvalue weighted by Crippen LogP contribution is 2.03. The van der Waals surface area contributed by atoms with Gasteiger partial charge in [0, 0.05) is 5.57 Å². The van der Waals surface area contributed by atoms with E-state index in [0.29, 0.717) is 11.5 Å². The van der Waals surface area contributed by atoms with Crippen LogP contribution in [0.4, 0.5) is 0 Å². The number of carboxylic acid groups (broad SMARTS) is 1. The summed E-state index contributed by atoms with van der Waals surface area (Å²) in [5.74, 6) is -0.264. The number of ketones is 1. The zero-order chi connectivity index (χ0) is 12.4. The van der Waals surface area contributed by atoms with Crippen LogP contribution < -0.4 is 0 Å². The third-order valence-corrected chi connectivity index (χ3v) is 1.52. The minimum Gasteiger partial charge on any atom is -0.478 e. The number of hydrogen-bond donors (Lipinski definition) is 1. The van der Waals surface area contributed by atoms with Crippen molar-refractivity contribution in [1.82, 2.24) is 0 Å². The Kier molecular flexibility index (Phi) is 9.84. The molecule has 0 saturated heterocycles. The molecule has 0 heterocycles. The lowest BCUT2D eigenvalue weighted by Crippen LogP contribution is -1.96. The number of carboxylic acids is 1. The molecular formula is C12H20O3. The Morgan fingerprint density at radius 2 is 1.73 bits per heavy atom. The van der Waals surface area contributed by atoms with Crippen LogP contribution in [-0.2, 0) is 9.59 Å². The van der Waals surface area contributed by atoms with Crippen molar-refractivity contribution in [3.8, 4) is 0 Å². The second-order valence-electron chi connectivity index (χ2n) is 3.64. The van der Waals surface area contributed by atoms with Gasteiger partial charge in [0.15, 0.2) is 5.78 Å². The Hall–Kier alpha value is -1.38. The van der Waals surface area contributed by atoms with E-state index in [4.69, 9.17) is 5.11 Å². The Balaban J connectivity index is 0.